The Morgan fingerprint density at radius 3 is 2.81 bits per heavy atom. The number of benzene rings is 1. The summed E-state index contributed by atoms with van der Waals surface area (Å²) >= 11 is 0. The lowest BCUT2D eigenvalue weighted by molar-refractivity contribution is -0.152. The summed E-state index contributed by atoms with van der Waals surface area (Å²) in [4.78, 5) is 13.4. The standard InChI is InChI=1S/C21H22O6/c1-4-7-21-12-9-25-20(21)19(24-3)18(23-2)17(22)16(21)15(12)11-5-6-13-14(8-11)27-10-26-13/h4-6,8,12,15-16,20H,1,7,9-10H2,2-3H3. The van der Waals surface area contributed by atoms with Crippen LogP contribution in [-0.4, -0.2) is 39.5 Å². The Morgan fingerprint density at radius 2 is 2.07 bits per heavy atom. The van der Waals surface area contributed by atoms with Gasteiger partial charge in [-0.2, -0.15) is 0 Å². The molecule has 6 nitrogen and oxygen atoms in total. The van der Waals surface area contributed by atoms with Gasteiger partial charge in [0, 0.05) is 17.3 Å². The normalized spacial score (nSPS) is 35.6. The van der Waals surface area contributed by atoms with E-state index >= 15 is 0 Å². The first-order valence-electron chi connectivity index (χ1n) is 9.15. The van der Waals surface area contributed by atoms with E-state index in [-0.39, 0.29) is 47.6 Å². The first-order chi connectivity index (χ1) is 13.2. The molecule has 1 saturated heterocycles. The third-order valence-electron chi connectivity index (χ3n) is 6.66. The molecule has 0 aromatic heterocycles. The highest BCUT2D eigenvalue weighted by atomic mass is 16.7. The van der Waals surface area contributed by atoms with Crippen molar-refractivity contribution in [2.24, 2.45) is 17.3 Å². The van der Waals surface area contributed by atoms with Gasteiger partial charge in [0.1, 0.15) is 6.10 Å². The topological polar surface area (TPSA) is 63.2 Å². The number of methoxy groups -OCH3 is 2. The number of allylic oxidation sites excluding steroid dienone is 2. The molecule has 0 radical (unpaired) electrons. The van der Waals surface area contributed by atoms with Crippen LogP contribution in [0.1, 0.15) is 17.9 Å². The zero-order valence-electron chi connectivity index (χ0n) is 15.4. The molecule has 1 saturated carbocycles. The van der Waals surface area contributed by atoms with E-state index in [0.29, 0.717) is 18.8 Å². The minimum atomic E-state index is -0.326. The summed E-state index contributed by atoms with van der Waals surface area (Å²) in [7, 11) is 3.07. The van der Waals surface area contributed by atoms with E-state index in [0.717, 1.165) is 17.1 Å². The van der Waals surface area contributed by atoms with Crippen LogP contribution in [0.25, 0.3) is 0 Å². The smallest absolute Gasteiger partial charge is 0.231 e. The molecule has 0 spiro atoms. The summed E-state index contributed by atoms with van der Waals surface area (Å²) in [5.74, 6) is 2.25. The second-order valence-electron chi connectivity index (χ2n) is 7.51. The average molecular weight is 370 g/mol. The fourth-order valence-electron chi connectivity index (χ4n) is 5.67. The Bertz CT molecular complexity index is 858. The van der Waals surface area contributed by atoms with Crippen molar-refractivity contribution < 1.29 is 28.5 Å². The largest absolute Gasteiger partial charge is 0.494 e. The maximum absolute atomic E-state index is 13.4. The number of rotatable bonds is 5. The third-order valence-corrected chi connectivity index (χ3v) is 6.66. The number of ketones is 1. The Labute approximate surface area is 157 Å². The molecular formula is C21H22O6. The SMILES string of the molecule is C=CCC12C3OCC1C(c1ccc4c(c1)OCO4)C2C(=O)C(OC)=C3OC. The molecule has 142 valence electrons. The van der Waals surface area contributed by atoms with Crippen LogP contribution in [0.4, 0.5) is 0 Å². The van der Waals surface area contributed by atoms with Gasteiger partial charge in [0.05, 0.1) is 20.8 Å². The van der Waals surface area contributed by atoms with Crippen LogP contribution in [0.3, 0.4) is 0 Å². The second kappa shape index (κ2) is 5.76. The van der Waals surface area contributed by atoms with Crippen molar-refractivity contribution in [2.75, 3.05) is 27.6 Å². The van der Waals surface area contributed by atoms with Crippen molar-refractivity contribution in [3.05, 3.63) is 47.9 Å². The Hall–Kier alpha value is -2.47. The quantitative estimate of drug-likeness (QED) is 0.743. The minimum absolute atomic E-state index is 0.0168. The predicted octanol–water partition coefficient (Wildman–Crippen LogP) is 2.79. The summed E-state index contributed by atoms with van der Waals surface area (Å²) < 4.78 is 28.1. The van der Waals surface area contributed by atoms with Crippen molar-refractivity contribution >= 4 is 5.78 Å². The zero-order valence-corrected chi connectivity index (χ0v) is 15.4. The monoisotopic (exact) mass is 370 g/mol. The molecule has 2 aliphatic carbocycles. The predicted molar refractivity (Wildman–Crippen MR) is 95.3 cm³/mol. The molecule has 6 heteroatoms. The number of fused-ring (bicyclic) bond motifs is 1. The summed E-state index contributed by atoms with van der Waals surface area (Å²) in [6.45, 7) is 4.74. The van der Waals surface area contributed by atoms with Crippen LogP contribution in [0.5, 0.6) is 11.5 Å². The number of Topliss-reactive ketones (excluding diaryl/α,β-unsaturated/α-hetero) is 1. The van der Waals surface area contributed by atoms with Gasteiger partial charge in [0.15, 0.2) is 17.3 Å². The van der Waals surface area contributed by atoms with Crippen molar-refractivity contribution in [1.29, 1.82) is 0 Å². The van der Waals surface area contributed by atoms with Gasteiger partial charge in [0.25, 0.3) is 0 Å². The van der Waals surface area contributed by atoms with E-state index in [1.54, 1.807) is 7.11 Å². The van der Waals surface area contributed by atoms with Gasteiger partial charge in [-0.15, -0.1) is 6.58 Å². The lowest BCUT2D eigenvalue weighted by atomic mass is 9.41. The number of carbonyl (C=O) groups is 1. The van der Waals surface area contributed by atoms with Crippen LogP contribution >= 0.6 is 0 Å². The fraction of sp³-hybridized carbons (Fsp3) is 0.476. The summed E-state index contributed by atoms with van der Waals surface area (Å²) in [6.07, 6.45) is 2.30. The second-order valence-corrected chi connectivity index (χ2v) is 7.51. The van der Waals surface area contributed by atoms with Crippen molar-refractivity contribution in [1.82, 2.24) is 0 Å². The Kier molecular flexibility index (Phi) is 3.56. The number of carbonyl (C=O) groups excluding carboxylic acids is 1. The lowest BCUT2D eigenvalue weighted by Gasteiger charge is -2.60. The molecule has 5 rings (SSSR count). The number of hydrogen-bond donors (Lipinski definition) is 0. The Balaban J connectivity index is 1.63. The van der Waals surface area contributed by atoms with Gasteiger partial charge in [-0.3, -0.25) is 4.79 Å². The molecule has 5 unspecified atom stereocenters. The van der Waals surface area contributed by atoms with Gasteiger partial charge in [-0.1, -0.05) is 12.1 Å². The zero-order chi connectivity index (χ0) is 18.8. The van der Waals surface area contributed by atoms with Crippen LogP contribution in [0, 0.1) is 17.3 Å². The molecule has 2 aliphatic heterocycles. The van der Waals surface area contributed by atoms with Crippen molar-refractivity contribution in [3.8, 4) is 11.5 Å². The molecule has 4 aliphatic rings. The Morgan fingerprint density at radius 1 is 1.26 bits per heavy atom. The molecule has 1 aromatic rings. The van der Waals surface area contributed by atoms with Gasteiger partial charge < -0.3 is 23.7 Å². The minimum Gasteiger partial charge on any atom is -0.494 e. The molecule has 27 heavy (non-hydrogen) atoms. The van der Waals surface area contributed by atoms with Gasteiger partial charge in [-0.05, 0) is 30.0 Å². The first-order valence-corrected chi connectivity index (χ1v) is 9.15. The molecule has 0 bridgehead atoms. The number of ether oxygens (including phenoxy) is 5. The molecule has 0 N–H and O–H groups in total. The van der Waals surface area contributed by atoms with E-state index in [4.69, 9.17) is 23.7 Å². The fourth-order valence-corrected chi connectivity index (χ4v) is 5.67. The van der Waals surface area contributed by atoms with Crippen LogP contribution in [0.2, 0.25) is 0 Å². The molecule has 2 fully saturated rings. The van der Waals surface area contributed by atoms with E-state index in [2.05, 4.69) is 6.58 Å². The summed E-state index contributed by atoms with van der Waals surface area (Å²) in [5, 5.41) is 0. The highest BCUT2D eigenvalue weighted by Crippen LogP contribution is 2.71. The lowest BCUT2D eigenvalue weighted by Crippen LogP contribution is -2.63. The van der Waals surface area contributed by atoms with E-state index < -0.39 is 0 Å². The molecular weight excluding hydrogens is 348 g/mol. The first kappa shape index (κ1) is 16.7. The third kappa shape index (κ3) is 1.91. The van der Waals surface area contributed by atoms with Crippen molar-refractivity contribution in [2.45, 2.75) is 18.4 Å². The maximum atomic E-state index is 13.4. The van der Waals surface area contributed by atoms with Crippen LogP contribution in [-0.2, 0) is 19.0 Å². The maximum Gasteiger partial charge on any atom is 0.231 e. The molecule has 0 amide bonds. The van der Waals surface area contributed by atoms with Crippen molar-refractivity contribution in [3.63, 3.8) is 0 Å². The van der Waals surface area contributed by atoms with E-state index in [9.17, 15) is 4.79 Å². The summed E-state index contributed by atoms with van der Waals surface area (Å²) in [6, 6.07) is 5.94. The van der Waals surface area contributed by atoms with Gasteiger partial charge in [0.2, 0.25) is 18.3 Å². The molecule has 2 heterocycles. The highest BCUT2D eigenvalue weighted by molar-refractivity contribution is 6.00. The van der Waals surface area contributed by atoms with Crippen LogP contribution in [0.15, 0.2) is 42.4 Å². The van der Waals surface area contributed by atoms with E-state index in [1.165, 1.54) is 7.11 Å². The van der Waals surface area contributed by atoms with Gasteiger partial charge >= 0.3 is 0 Å². The molecule has 5 atom stereocenters. The number of hydrogen-bond acceptors (Lipinski definition) is 6. The summed E-state index contributed by atoms with van der Waals surface area (Å²) in [5.41, 5.74) is 0.746. The van der Waals surface area contributed by atoms with Gasteiger partial charge in [-0.25, -0.2) is 0 Å². The van der Waals surface area contributed by atoms with Crippen LogP contribution < -0.4 is 9.47 Å². The average Bonchev–Trinajstić information content (AvgIpc) is 3.25. The van der Waals surface area contributed by atoms with E-state index in [1.807, 2.05) is 24.3 Å². The molecule has 1 aromatic carbocycles. The highest BCUT2D eigenvalue weighted by Gasteiger charge is 2.74.